The van der Waals surface area contributed by atoms with Crippen molar-refractivity contribution in [2.24, 2.45) is 0 Å². The van der Waals surface area contributed by atoms with E-state index in [9.17, 15) is 14.4 Å². The van der Waals surface area contributed by atoms with Crippen LogP contribution >= 0.6 is 23.2 Å². The summed E-state index contributed by atoms with van der Waals surface area (Å²) in [6, 6.07) is 17.9. The summed E-state index contributed by atoms with van der Waals surface area (Å²) in [6.45, 7) is 5.85. The van der Waals surface area contributed by atoms with E-state index in [2.05, 4.69) is 10.3 Å². The summed E-state index contributed by atoms with van der Waals surface area (Å²) >= 11 is 14.0. The summed E-state index contributed by atoms with van der Waals surface area (Å²) in [6.07, 6.45) is 1.23. The van der Waals surface area contributed by atoms with Crippen LogP contribution in [-0.4, -0.2) is 65.6 Å². The minimum absolute atomic E-state index is 0.0370. The molecule has 0 radical (unpaired) electrons. The van der Waals surface area contributed by atoms with Gasteiger partial charge in [-0.05, 0) is 51.5 Å². The van der Waals surface area contributed by atoms with Gasteiger partial charge in [-0.3, -0.25) is 9.59 Å². The van der Waals surface area contributed by atoms with Crippen molar-refractivity contribution in [1.29, 1.82) is 0 Å². The predicted octanol–water partition coefficient (Wildman–Crippen LogP) is 7.63. The molecule has 4 aromatic rings. The van der Waals surface area contributed by atoms with Crippen LogP contribution in [0, 0.1) is 0 Å². The number of rotatable bonds is 10. The Morgan fingerprint density at radius 1 is 0.896 bits per heavy atom. The minimum atomic E-state index is -0.699. The van der Waals surface area contributed by atoms with Gasteiger partial charge in [-0.1, -0.05) is 59.6 Å². The highest BCUT2D eigenvalue weighted by Gasteiger charge is 2.29. The maximum atomic E-state index is 13.2. The summed E-state index contributed by atoms with van der Waals surface area (Å²) < 4.78 is 16.6. The number of carbonyl (C=O) groups excluding carboxylic acids is 3. The summed E-state index contributed by atoms with van der Waals surface area (Å²) in [7, 11) is 2.96. The van der Waals surface area contributed by atoms with Crippen molar-refractivity contribution in [2.75, 3.05) is 20.8 Å². The molecule has 10 nitrogen and oxygen atoms in total. The third-order valence-corrected chi connectivity index (χ3v) is 8.54. The van der Waals surface area contributed by atoms with Gasteiger partial charge >= 0.3 is 6.09 Å². The molecule has 2 aromatic carbocycles. The van der Waals surface area contributed by atoms with Gasteiger partial charge in [-0.2, -0.15) is 0 Å². The molecule has 0 unspecified atom stereocenters. The van der Waals surface area contributed by atoms with E-state index in [1.807, 2.05) is 48.5 Å². The highest BCUT2D eigenvalue weighted by molar-refractivity contribution is 6.39. The van der Waals surface area contributed by atoms with Crippen LogP contribution in [-0.2, 0) is 16.1 Å². The Morgan fingerprint density at radius 3 is 1.98 bits per heavy atom. The average Bonchev–Trinajstić information content (AvgIpc) is 3.48. The number of benzene rings is 2. The fourth-order valence-electron chi connectivity index (χ4n) is 5.46. The van der Waals surface area contributed by atoms with Crippen molar-refractivity contribution in [3.05, 3.63) is 81.8 Å². The van der Waals surface area contributed by atoms with Gasteiger partial charge < -0.3 is 24.4 Å². The number of ether oxygens (including phenoxy) is 3. The van der Waals surface area contributed by atoms with E-state index in [0.717, 1.165) is 0 Å². The Balaban J connectivity index is 1.47. The number of amides is 2. The van der Waals surface area contributed by atoms with Crippen LogP contribution < -0.4 is 14.8 Å². The lowest BCUT2D eigenvalue weighted by Crippen LogP contribution is -2.43. The van der Waals surface area contributed by atoms with Crippen molar-refractivity contribution in [1.82, 2.24) is 20.2 Å². The maximum Gasteiger partial charge on any atom is 0.410 e. The van der Waals surface area contributed by atoms with Crippen LogP contribution in [0.1, 0.15) is 49.5 Å². The number of pyridine rings is 2. The van der Waals surface area contributed by atoms with Crippen LogP contribution in [0.2, 0.25) is 10.0 Å². The fourth-order valence-corrected chi connectivity index (χ4v) is 6.11. The molecule has 1 atom stereocenters. The molecule has 3 heterocycles. The zero-order valence-corrected chi connectivity index (χ0v) is 28.8. The number of hydrogen-bond acceptors (Lipinski definition) is 8. The lowest BCUT2D eigenvalue weighted by Gasteiger charge is -2.29. The zero-order valence-electron chi connectivity index (χ0n) is 27.3. The lowest BCUT2D eigenvalue weighted by molar-refractivity contribution is -0.119. The maximum absolute atomic E-state index is 13.2. The molecule has 2 aromatic heterocycles. The van der Waals surface area contributed by atoms with Crippen LogP contribution in [0.25, 0.3) is 33.6 Å². The number of carbonyl (C=O) groups is 3. The lowest BCUT2D eigenvalue weighted by atomic mass is 9.98. The SMILES string of the molecule is COc1nc(-c2cccc(-c3cccc(-c4ccc(CN(C[C@@H]5CCC(=O)N5)C(=O)OC(C)(C)C)c(OC)n4)c3Cl)c2Cl)ccc1C=O. The van der Waals surface area contributed by atoms with E-state index in [1.54, 1.807) is 37.8 Å². The summed E-state index contributed by atoms with van der Waals surface area (Å²) in [4.78, 5) is 47.2. The third kappa shape index (κ3) is 7.72. The highest BCUT2D eigenvalue weighted by atomic mass is 35.5. The topological polar surface area (TPSA) is 120 Å². The van der Waals surface area contributed by atoms with Gasteiger partial charge in [0.05, 0.1) is 47.8 Å². The summed E-state index contributed by atoms with van der Waals surface area (Å²) in [5.41, 5.74) is 4.02. The van der Waals surface area contributed by atoms with Crippen molar-refractivity contribution in [3.8, 4) is 45.4 Å². The van der Waals surface area contributed by atoms with E-state index in [-0.39, 0.29) is 30.9 Å². The zero-order chi connectivity index (χ0) is 34.6. The second-order valence-corrected chi connectivity index (χ2v) is 13.0. The molecule has 0 bridgehead atoms. The Hall–Kier alpha value is -4.67. The number of methoxy groups -OCH3 is 2. The number of halogens is 2. The molecule has 12 heteroatoms. The van der Waals surface area contributed by atoms with Crippen molar-refractivity contribution in [2.45, 2.75) is 51.8 Å². The van der Waals surface area contributed by atoms with Gasteiger partial charge in [0.2, 0.25) is 17.7 Å². The van der Waals surface area contributed by atoms with E-state index >= 15 is 0 Å². The average molecular weight is 692 g/mol. The number of aldehydes is 1. The van der Waals surface area contributed by atoms with Crippen molar-refractivity contribution < 1.29 is 28.6 Å². The molecular weight excluding hydrogens is 655 g/mol. The molecule has 1 fully saturated rings. The Bertz CT molecular complexity index is 1860. The van der Waals surface area contributed by atoms with Gasteiger partial charge in [0.25, 0.3) is 0 Å². The molecule has 48 heavy (non-hydrogen) atoms. The Labute approximate surface area is 289 Å². The molecule has 1 aliphatic rings. The van der Waals surface area contributed by atoms with Gasteiger partial charge in [0.1, 0.15) is 5.60 Å². The standard InChI is InChI=1S/C36H36Cl2N4O6/c1-36(2,3)48-35(45)42(19-23-14-17-30(44)39-23)18-21-12-15-28(40-33(21)46-4)26-10-6-8-24(31(26)37)25-9-7-11-27(32(25)38)29-16-13-22(20-43)34(41-29)47-5/h6-13,15-16,20,23H,14,17-19H2,1-5H3,(H,39,44)/t23-/m0/s1. The normalized spacial score (nSPS) is 14.3. The molecule has 1 saturated heterocycles. The number of hydrogen-bond donors (Lipinski definition) is 1. The van der Waals surface area contributed by atoms with E-state index in [0.29, 0.717) is 79.8 Å². The second-order valence-electron chi connectivity index (χ2n) is 12.3. The molecule has 0 spiro atoms. The Morgan fingerprint density at radius 2 is 1.46 bits per heavy atom. The quantitative estimate of drug-likeness (QED) is 0.169. The van der Waals surface area contributed by atoms with Gasteiger partial charge in [0, 0.05) is 46.8 Å². The Kier molecular flexibility index (Phi) is 10.6. The number of aromatic nitrogens is 2. The molecule has 5 rings (SSSR count). The van der Waals surface area contributed by atoms with Crippen molar-refractivity contribution >= 4 is 41.5 Å². The van der Waals surface area contributed by atoms with E-state index < -0.39 is 11.7 Å². The van der Waals surface area contributed by atoms with Crippen LogP contribution in [0.5, 0.6) is 11.8 Å². The molecule has 1 aliphatic heterocycles. The third-order valence-electron chi connectivity index (χ3n) is 7.72. The van der Waals surface area contributed by atoms with Gasteiger partial charge in [-0.25, -0.2) is 14.8 Å². The van der Waals surface area contributed by atoms with Crippen LogP contribution in [0.15, 0.2) is 60.7 Å². The monoisotopic (exact) mass is 690 g/mol. The molecular formula is C36H36Cl2N4O6. The first-order chi connectivity index (χ1) is 22.9. The first-order valence-electron chi connectivity index (χ1n) is 15.3. The van der Waals surface area contributed by atoms with Crippen LogP contribution in [0.4, 0.5) is 4.79 Å². The van der Waals surface area contributed by atoms with Gasteiger partial charge in [-0.15, -0.1) is 0 Å². The summed E-state index contributed by atoms with van der Waals surface area (Å²) in [5, 5.41) is 3.76. The smallest absolute Gasteiger partial charge is 0.410 e. The highest BCUT2D eigenvalue weighted by Crippen LogP contribution is 2.42. The van der Waals surface area contributed by atoms with E-state index in [1.165, 1.54) is 14.2 Å². The van der Waals surface area contributed by atoms with E-state index in [4.69, 9.17) is 42.4 Å². The molecule has 250 valence electrons. The second kappa shape index (κ2) is 14.6. The molecule has 0 aliphatic carbocycles. The van der Waals surface area contributed by atoms with Gasteiger partial charge in [0.15, 0.2) is 6.29 Å². The van der Waals surface area contributed by atoms with Crippen molar-refractivity contribution in [3.63, 3.8) is 0 Å². The molecule has 0 saturated carbocycles. The predicted molar refractivity (Wildman–Crippen MR) is 185 cm³/mol. The molecule has 2 amide bonds. The number of nitrogens with zero attached hydrogens (tertiary/aromatic N) is 3. The number of nitrogens with one attached hydrogen (secondary N) is 1. The molecule has 1 N–H and O–H groups in total. The fraction of sp³-hybridized carbons (Fsp3) is 0.306. The first kappa shape index (κ1) is 34.7. The van der Waals surface area contributed by atoms with Crippen LogP contribution in [0.3, 0.4) is 0 Å². The largest absolute Gasteiger partial charge is 0.481 e. The first-order valence-corrected chi connectivity index (χ1v) is 16.1. The minimum Gasteiger partial charge on any atom is -0.481 e. The summed E-state index contributed by atoms with van der Waals surface area (Å²) in [5.74, 6) is 0.480.